The van der Waals surface area contributed by atoms with Crippen LogP contribution >= 0.6 is 0 Å². The van der Waals surface area contributed by atoms with Gasteiger partial charge in [-0.3, -0.25) is 4.79 Å². The number of hydrogen-bond acceptors (Lipinski definition) is 2. The zero-order valence-electron chi connectivity index (χ0n) is 9.32. The molecule has 1 aliphatic rings. The molecule has 1 aliphatic heterocycles. The van der Waals surface area contributed by atoms with Crippen molar-refractivity contribution in [2.24, 2.45) is 11.7 Å². The van der Waals surface area contributed by atoms with E-state index in [1.54, 1.807) is 11.8 Å². The standard InChI is InChI=1S/C10H19N3O2/c1-7-3-5-13(6-4-7)10(15)12-8(2)9(11)14/h7-8H,3-6H2,1-2H3,(H2,11,14)(H,12,15). The van der Waals surface area contributed by atoms with Crippen LogP contribution in [0.1, 0.15) is 26.7 Å². The average Bonchev–Trinajstić information content (AvgIpc) is 2.18. The zero-order valence-corrected chi connectivity index (χ0v) is 9.32. The molecular weight excluding hydrogens is 194 g/mol. The number of carbonyl (C=O) groups is 2. The molecule has 1 heterocycles. The molecule has 5 nitrogen and oxygen atoms in total. The molecular formula is C10H19N3O2. The van der Waals surface area contributed by atoms with Crippen molar-refractivity contribution in [2.45, 2.75) is 32.7 Å². The van der Waals surface area contributed by atoms with Crippen molar-refractivity contribution >= 4 is 11.9 Å². The van der Waals surface area contributed by atoms with Crippen LogP contribution in [0, 0.1) is 5.92 Å². The van der Waals surface area contributed by atoms with E-state index in [4.69, 9.17) is 5.73 Å². The van der Waals surface area contributed by atoms with Crippen molar-refractivity contribution in [2.75, 3.05) is 13.1 Å². The van der Waals surface area contributed by atoms with Gasteiger partial charge < -0.3 is 16.0 Å². The number of amides is 3. The molecule has 0 aliphatic carbocycles. The summed E-state index contributed by atoms with van der Waals surface area (Å²) < 4.78 is 0. The summed E-state index contributed by atoms with van der Waals surface area (Å²) in [7, 11) is 0. The van der Waals surface area contributed by atoms with Gasteiger partial charge in [-0.05, 0) is 25.7 Å². The smallest absolute Gasteiger partial charge is 0.318 e. The van der Waals surface area contributed by atoms with Crippen molar-refractivity contribution in [1.82, 2.24) is 10.2 Å². The second-order valence-electron chi connectivity index (χ2n) is 4.24. The van der Waals surface area contributed by atoms with Crippen LogP contribution in [0.5, 0.6) is 0 Å². The maximum Gasteiger partial charge on any atom is 0.318 e. The zero-order chi connectivity index (χ0) is 11.4. The van der Waals surface area contributed by atoms with Gasteiger partial charge in [-0.2, -0.15) is 0 Å². The van der Waals surface area contributed by atoms with Crippen LogP contribution in [0.3, 0.4) is 0 Å². The SMILES string of the molecule is CC1CCN(C(=O)NC(C)C(N)=O)CC1. The van der Waals surface area contributed by atoms with E-state index in [2.05, 4.69) is 12.2 Å². The van der Waals surface area contributed by atoms with Gasteiger partial charge in [-0.1, -0.05) is 6.92 Å². The molecule has 1 unspecified atom stereocenters. The van der Waals surface area contributed by atoms with E-state index in [1.807, 2.05) is 0 Å². The minimum absolute atomic E-state index is 0.187. The third-order valence-electron chi connectivity index (χ3n) is 2.84. The lowest BCUT2D eigenvalue weighted by Crippen LogP contribution is -2.50. The number of nitrogens with one attached hydrogen (secondary N) is 1. The monoisotopic (exact) mass is 213 g/mol. The minimum Gasteiger partial charge on any atom is -0.368 e. The molecule has 3 amide bonds. The molecule has 0 aromatic rings. The number of nitrogens with two attached hydrogens (primary N) is 1. The largest absolute Gasteiger partial charge is 0.368 e. The first-order valence-corrected chi connectivity index (χ1v) is 5.35. The first-order chi connectivity index (χ1) is 7.00. The maximum atomic E-state index is 11.6. The van der Waals surface area contributed by atoms with Gasteiger partial charge in [0.2, 0.25) is 5.91 Å². The van der Waals surface area contributed by atoms with Gasteiger partial charge in [-0.25, -0.2) is 4.79 Å². The van der Waals surface area contributed by atoms with Crippen LogP contribution in [0.4, 0.5) is 4.79 Å². The van der Waals surface area contributed by atoms with Gasteiger partial charge in [0, 0.05) is 13.1 Å². The fraction of sp³-hybridized carbons (Fsp3) is 0.800. The first-order valence-electron chi connectivity index (χ1n) is 5.35. The fourth-order valence-corrected chi connectivity index (χ4v) is 1.56. The highest BCUT2D eigenvalue weighted by molar-refractivity contribution is 5.85. The van der Waals surface area contributed by atoms with Crippen molar-refractivity contribution < 1.29 is 9.59 Å². The van der Waals surface area contributed by atoms with Gasteiger partial charge in [0.15, 0.2) is 0 Å². The summed E-state index contributed by atoms with van der Waals surface area (Å²) in [6.07, 6.45) is 2.05. The Labute approximate surface area is 90.0 Å². The topological polar surface area (TPSA) is 75.4 Å². The van der Waals surface area contributed by atoms with Gasteiger partial charge in [0.1, 0.15) is 6.04 Å². The Morgan fingerprint density at radius 2 is 1.93 bits per heavy atom. The number of hydrogen-bond donors (Lipinski definition) is 2. The number of primary amides is 1. The van der Waals surface area contributed by atoms with E-state index < -0.39 is 11.9 Å². The van der Waals surface area contributed by atoms with Crippen LogP contribution in [0.25, 0.3) is 0 Å². The highest BCUT2D eigenvalue weighted by Gasteiger charge is 2.22. The lowest BCUT2D eigenvalue weighted by atomic mass is 10.00. The molecule has 0 bridgehead atoms. The van der Waals surface area contributed by atoms with Gasteiger partial charge in [0.25, 0.3) is 0 Å². The molecule has 15 heavy (non-hydrogen) atoms. The Hall–Kier alpha value is -1.26. The summed E-state index contributed by atoms with van der Waals surface area (Å²) in [5.41, 5.74) is 5.06. The number of likely N-dealkylation sites (tertiary alicyclic amines) is 1. The number of carbonyl (C=O) groups excluding carboxylic acids is 2. The molecule has 0 saturated carbocycles. The third kappa shape index (κ3) is 3.42. The van der Waals surface area contributed by atoms with E-state index in [-0.39, 0.29) is 6.03 Å². The summed E-state index contributed by atoms with van der Waals surface area (Å²) in [6, 6.07) is -0.787. The van der Waals surface area contributed by atoms with Crippen LogP contribution in [0.15, 0.2) is 0 Å². The predicted molar refractivity (Wildman–Crippen MR) is 57.2 cm³/mol. The van der Waals surface area contributed by atoms with Gasteiger partial charge >= 0.3 is 6.03 Å². The summed E-state index contributed by atoms with van der Waals surface area (Å²) in [5.74, 6) is 0.177. The van der Waals surface area contributed by atoms with Crippen LogP contribution < -0.4 is 11.1 Å². The second kappa shape index (κ2) is 5.00. The molecule has 5 heteroatoms. The fourth-order valence-electron chi connectivity index (χ4n) is 1.56. The maximum absolute atomic E-state index is 11.6. The summed E-state index contributed by atoms with van der Waals surface area (Å²) in [4.78, 5) is 24.1. The Balaban J connectivity index is 2.37. The molecule has 1 atom stereocenters. The van der Waals surface area contributed by atoms with E-state index in [9.17, 15) is 9.59 Å². The molecule has 86 valence electrons. The number of rotatable bonds is 2. The second-order valence-corrected chi connectivity index (χ2v) is 4.24. The van der Waals surface area contributed by atoms with E-state index in [0.717, 1.165) is 25.9 Å². The van der Waals surface area contributed by atoms with Crippen molar-refractivity contribution in [3.05, 3.63) is 0 Å². The summed E-state index contributed by atoms with van der Waals surface area (Å²) in [5, 5.41) is 2.58. The Kier molecular flexibility index (Phi) is 3.94. The van der Waals surface area contributed by atoms with Crippen LogP contribution in [0.2, 0.25) is 0 Å². The van der Waals surface area contributed by atoms with Crippen LogP contribution in [-0.2, 0) is 4.79 Å². The third-order valence-corrected chi connectivity index (χ3v) is 2.84. The van der Waals surface area contributed by atoms with Crippen LogP contribution in [-0.4, -0.2) is 36.0 Å². The molecule has 0 spiro atoms. The quantitative estimate of drug-likeness (QED) is 0.692. The molecule has 0 aromatic heterocycles. The van der Waals surface area contributed by atoms with Crippen molar-refractivity contribution in [3.63, 3.8) is 0 Å². The summed E-state index contributed by atoms with van der Waals surface area (Å²) in [6.45, 7) is 5.30. The van der Waals surface area contributed by atoms with Gasteiger partial charge in [0.05, 0.1) is 0 Å². The molecule has 0 aromatic carbocycles. The molecule has 1 rings (SSSR count). The van der Waals surface area contributed by atoms with E-state index in [1.165, 1.54) is 0 Å². The van der Waals surface area contributed by atoms with Crippen molar-refractivity contribution in [3.8, 4) is 0 Å². The normalized spacial score (nSPS) is 19.7. The lowest BCUT2D eigenvalue weighted by Gasteiger charge is -2.30. The minimum atomic E-state index is -0.600. The average molecular weight is 213 g/mol. The Morgan fingerprint density at radius 1 is 1.40 bits per heavy atom. The number of urea groups is 1. The summed E-state index contributed by atoms with van der Waals surface area (Å²) >= 11 is 0. The molecule has 0 radical (unpaired) electrons. The number of nitrogens with zero attached hydrogens (tertiary/aromatic N) is 1. The van der Waals surface area contributed by atoms with E-state index >= 15 is 0 Å². The number of piperidine rings is 1. The molecule has 3 N–H and O–H groups in total. The van der Waals surface area contributed by atoms with Crippen molar-refractivity contribution in [1.29, 1.82) is 0 Å². The molecule has 1 fully saturated rings. The highest BCUT2D eigenvalue weighted by atomic mass is 16.2. The van der Waals surface area contributed by atoms with E-state index in [0.29, 0.717) is 5.92 Å². The highest BCUT2D eigenvalue weighted by Crippen LogP contribution is 2.15. The lowest BCUT2D eigenvalue weighted by molar-refractivity contribution is -0.119. The first kappa shape index (κ1) is 11.8. The Morgan fingerprint density at radius 3 is 2.40 bits per heavy atom. The Bertz CT molecular complexity index is 247. The molecule has 1 saturated heterocycles. The van der Waals surface area contributed by atoms with Gasteiger partial charge in [-0.15, -0.1) is 0 Å². The predicted octanol–water partition coefficient (Wildman–Crippen LogP) is 0.302.